The number of nitrogen functional groups attached to an aromatic ring is 1. The lowest BCUT2D eigenvalue weighted by molar-refractivity contribution is 0.0959. The quantitative estimate of drug-likeness (QED) is 0.454. The first kappa shape index (κ1) is 19.1. The van der Waals surface area contributed by atoms with Crippen molar-refractivity contribution in [3.05, 3.63) is 54.4 Å². The number of anilines is 4. The van der Waals surface area contributed by atoms with Crippen LogP contribution >= 0.6 is 0 Å². The summed E-state index contributed by atoms with van der Waals surface area (Å²) in [5.41, 5.74) is 12.8. The molecule has 1 aliphatic heterocycles. The normalized spacial score (nSPS) is 12.0. The van der Waals surface area contributed by atoms with Crippen molar-refractivity contribution in [1.82, 2.24) is 15.4 Å². The maximum Gasteiger partial charge on any atom is 0.273 e. The van der Waals surface area contributed by atoms with Crippen LogP contribution in [0.1, 0.15) is 10.4 Å². The molecule has 0 saturated carbocycles. The van der Waals surface area contributed by atoms with Gasteiger partial charge in [-0.1, -0.05) is 12.1 Å². The zero-order valence-electron chi connectivity index (χ0n) is 16.1. The zero-order valence-corrected chi connectivity index (χ0v) is 16.1. The van der Waals surface area contributed by atoms with E-state index in [2.05, 4.69) is 26.1 Å². The zero-order chi connectivity index (χ0) is 20.9. The topological polar surface area (TPSA) is 133 Å². The Morgan fingerprint density at radius 1 is 1.07 bits per heavy atom. The molecule has 1 aromatic heterocycles. The third kappa shape index (κ3) is 3.97. The van der Waals surface area contributed by atoms with Crippen molar-refractivity contribution in [2.24, 2.45) is 0 Å². The number of benzene rings is 2. The molecule has 0 bridgehead atoms. The van der Waals surface area contributed by atoms with Gasteiger partial charge in [-0.05, 0) is 24.3 Å². The largest absolute Gasteiger partial charge is 0.496 e. The van der Waals surface area contributed by atoms with Gasteiger partial charge in [-0.3, -0.25) is 15.6 Å². The lowest BCUT2D eigenvalue weighted by Gasteiger charge is -2.19. The third-order valence-electron chi connectivity index (χ3n) is 4.33. The molecule has 0 spiro atoms. The highest BCUT2D eigenvalue weighted by atomic mass is 16.6. The minimum atomic E-state index is -0.396. The van der Waals surface area contributed by atoms with Gasteiger partial charge in [-0.15, -0.1) is 0 Å². The number of carbonyl (C=O) groups excluding carboxylic acids is 1. The van der Waals surface area contributed by atoms with Crippen LogP contribution in [0.5, 0.6) is 17.2 Å². The highest BCUT2D eigenvalue weighted by Crippen LogP contribution is 2.34. The number of amides is 1. The summed E-state index contributed by atoms with van der Waals surface area (Å²) in [6, 6.07) is 12.3. The molecule has 0 radical (unpaired) electrons. The molecule has 2 aromatic carbocycles. The number of fused-ring (bicyclic) bond motifs is 1. The van der Waals surface area contributed by atoms with Crippen molar-refractivity contribution in [3.8, 4) is 17.2 Å². The van der Waals surface area contributed by atoms with Crippen molar-refractivity contribution in [3.63, 3.8) is 0 Å². The molecule has 10 nitrogen and oxygen atoms in total. The van der Waals surface area contributed by atoms with Gasteiger partial charge in [-0.2, -0.15) is 0 Å². The number of methoxy groups -OCH3 is 1. The summed E-state index contributed by atoms with van der Waals surface area (Å²) in [6.07, 6.45) is 1.33. The number of hydrazine groups is 1. The number of ether oxygens (including phenoxy) is 3. The van der Waals surface area contributed by atoms with Gasteiger partial charge in [0.1, 0.15) is 31.0 Å². The number of carbonyl (C=O) groups is 1. The molecular formula is C20H20N6O4. The molecular weight excluding hydrogens is 388 g/mol. The maximum atomic E-state index is 12.4. The molecule has 4 rings (SSSR count). The van der Waals surface area contributed by atoms with Crippen LogP contribution in [-0.4, -0.2) is 36.2 Å². The second-order valence-corrected chi connectivity index (χ2v) is 6.25. The van der Waals surface area contributed by atoms with E-state index in [9.17, 15) is 4.79 Å². The number of aromatic nitrogens is 2. The van der Waals surface area contributed by atoms with Gasteiger partial charge in [-0.25, -0.2) is 9.97 Å². The summed E-state index contributed by atoms with van der Waals surface area (Å²) < 4.78 is 16.3. The molecule has 3 aromatic rings. The number of nitrogens with two attached hydrogens (primary N) is 1. The summed E-state index contributed by atoms with van der Waals surface area (Å²) in [5, 5.41) is 3.12. The Hall–Kier alpha value is -4.21. The molecule has 1 amide bonds. The second-order valence-electron chi connectivity index (χ2n) is 6.25. The predicted octanol–water partition coefficient (Wildman–Crippen LogP) is 2.34. The Morgan fingerprint density at radius 3 is 2.67 bits per heavy atom. The van der Waals surface area contributed by atoms with Crippen molar-refractivity contribution in [2.75, 3.05) is 36.8 Å². The van der Waals surface area contributed by atoms with Crippen molar-refractivity contribution in [1.29, 1.82) is 0 Å². The number of rotatable bonds is 6. The first-order valence-corrected chi connectivity index (χ1v) is 9.12. The van der Waals surface area contributed by atoms with Crippen LogP contribution < -0.4 is 36.1 Å². The van der Waals surface area contributed by atoms with Crippen LogP contribution in [0.15, 0.2) is 48.8 Å². The first-order valence-electron chi connectivity index (χ1n) is 9.12. The lowest BCUT2D eigenvalue weighted by atomic mass is 10.2. The van der Waals surface area contributed by atoms with E-state index in [1.165, 1.54) is 13.4 Å². The molecule has 0 fully saturated rings. The minimum absolute atomic E-state index is 0.229. The predicted molar refractivity (Wildman–Crippen MR) is 111 cm³/mol. The van der Waals surface area contributed by atoms with Crippen molar-refractivity contribution < 1.29 is 19.0 Å². The van der Waals surface area contributed by atoms with Crippen LogP contribution in [0, 0.1) is 0 Å². The number of hydrogen-bond acceptors (Lipinski definition) is 9. The molecule has 5 N–H and O–H groups in total. The molecule has 0 atom stereocenters. The second kappa shape index (κ2) is 8.43. The van der Waals surface area contributed by atoms with Crippen LogP contribution in [0.4, 0.5) is 23.0 Å². The average molecular weight is 408 g/mol. The van der Waals surface area contributed by atoms with Gasteiger partial charge in [0.2, 0.25) is 0 Å². The van der Waals surface area contributed by atoms with E-state index >= 15 is 0 Å². The molecule has 10 heteroatoms. The first-order chi connectivity index (χ1) is 14.7. The Kier molecular flexibility index (Phi) is 5.37. The molecule has 0 saturated heterocycles. The molecule has 1 aliphatic rings. The number of nitrogens with one attached hydrogen (secondary N) is 3. The van der Waals surface area contributed by atoms with E-state index in [4.69, 9.17) is 19.9 Å². The van der Waals surface area contributed by atoms with Crippen LogP contribution in [0.2, 0.25) is 0 Å². The fraction of sp³-hybridized carbons (Fsp3) is 0.150. The molecule has 2 heterocycles. The molecule has 0 aliphatic carbocycles. The van der Waals surface area contributed by atoms with Crippen molar-refractivity contribution in [2.45, 2.75) is 0 Å². The van der Waals surface area contributed by atoms with E-state index in [1.807, 2.05) is 6.07 Å². The van der Waals surface area contributed by atoms with Gasteiger partial charge in [0.05, 0.1) is 12.7 Å². The molecule has 0 unspecified atom stereocenters. The van der Waals surface area contributed by atoms with Crippen LogP contribution in [0.25, 0.3) is 0 Å². The summed E-state index contributed by atoms with van der Waals surface area (Å²) in [5.74, 6) is 1.99. The highest BCUT2D eigenvalue weighted by molar-refractivity contribution is 5.97. The standard InChI is InChI=1S/C20H20N6O4/c1-28-14-5-3-2-4-13(14)20(27)26-25-19-17(21)18(22-11-23-19)24-12-6-7-15-16(10-12)30-9-8-29-15/h2-7,10-11H,8-9,21H2,1H3,(H,26,27)(H2,22,23,24,25). The van der Waals surface area contributed by atoms with Gasteiger partial charge in [0.15, 0.2) is 23.1 Å². The Bertz CT molecular complexity index is 1070. The number of nitrogens with zero attached hydrogens (tertiary/aromatic N) is 2. The molecule has 154 valence electrons. The highest BCUT2D eigenvalue weighted by Gasteiger charge is 2.15. The summed E-state index contributed by atoms with van der Waals surface area (Å²) in [7, 11) is 1.50. The van der Waals surface area contributed by atoms with E-state index in [0.717, 1.165) is 0 Å². The Balaban J connectivity index is 1.47. The maximum absolute atomic E-state index is 12.4. The summed E-state index contributed by atoms with van der Waals surface area (Å²) in [6.45, 7) is 1.01. The third-order valence-corrected chi connectivity index (χ3v) is 4.33. The monoisotopic (exact) mass is 408 g/mol. The number of para-hydroxylation sites is 1. The molecule has 30 heavy (non-hydrogen) atoms. The van der Waals surface area contributed by atoms with E-state index < -0.39 is 5.91 Å². The fourth-order valence-corrected chi connectivity index (χ4v) is 2.87. The lowest BCUT2D eigenvalue weighted by Crippen LogP contribution is -2.30. The van der Waals surface area contributed by atoms with E-state index in [-0.39, 0.29) is 11.5 Å². The fourth-order valence-electron chi connectivity index (χ4n) is 2.87. The van der Waals surface area contributed by atoms with Crippen LogP contribution in [0.3, 0.4) is 0 Å². The van der Waals surface area contributed by atoms with Crippen LogP contribution in [-0.2, 0) is 0 Å². The Labute approximate surface area is 172 Å². The van der Waals surface area contributed by atoms with Gasteiger partial charge >= 0.3 is 0 Å². The Morgan fingerprint density at radius 2 is 1.83 bits per heavy atom. The van der Waals surface area contributed by atoms with Crippen molar-refractivity contribution >= 4 is 28.9 Å². The smallest absolute Gasteiger partial charge is 0.273 e. The van der Waals surface area contributed by atoms with E-state index in [1.54, 1.807) is 36.4 Å². The SMILES string of the molecule is COc1ccccc1C(=O)NNc1ncnc(Nc2ccc3c(c2)OCCO3)c1N. The minimum Gasteiger partial charge on any atom is -0.496 e. The average Bonchev–Trinajstić information content (AvgIpc) is 2.79. The van der Waals surface area contributed by atoms with Gasteiger partial charge in [0, 0.05) is 11.8 Å². The van der Waals surface area contributed by atoms with Gasteiger partial charge < -0.3 is 25.3 Å². The van der Waals surface area contributed by atoms with E-state index in [0.29, 0.717) is 47.5 Å². The summed E-state index contributed by atoms with van der Waals surface area (Å²) >= 11 is 0. The number of hydrogen-bond donors (Lipinski definition) is 4. The summed E-state index contributed by atoms with van der Waals surface area (Å²) in [4.78, 5) is 20.7. The van der Waals surface area contributed by atoms with Gasteiger partial charge in [0.25, 0.3) is 5.91 Å².